The largest absolute Gasteiger partial charge is 0.494 e. The predicted molar refractivity (Wildman–Crippen MR) is 49.6 cm³/mol. The molecule has 2 bridgehead atoms. The number of hydrogen-bond acceptors (Lipinski definition) is 1. The van der Waals surface area contributed by atoms with Gasteiger partial charge in [-0.15, -0.1) is 0 Å². The molecule has 0 aromatic heterocycles. The van der Waals surface area contributed by atoms with Crippen LogP contribution in [0.1, 0.15) is 20.3 Å². The molecule has 0 aromatic rings. The van der Waals surface area contributed by atoms with Crippen LogP contribution < -0.4 is 0 Å². The van der Waals surface area contributed by atoms with E-state index in [4.69, 9.17) is 4.74 Å². The summed E-state index contributed by atoms with van der Waals surface area (Å²) < 4.78 is 5.72. The van der Waals surface area contributed by atoms with Gasteiger partial charge in [0.1, 0.15) is 6.10 Å². The molecule has 2 fully saturated rings. The minimum Gasteiger partial charge on any atom is -0.494 e. The fourth-order valence-corrected chi connectivity index (χ4v) is 2.45. The third-order valence-electron chi connectivity index (χ3n) is 3.47. The van der Waals surface area contributed by atoms with Crippen LogP contribution in [-0.4, -0.2) is 6.10 Å². The Kier molecular flexibility index (Phi) is 1.57. The van der Waals surface area contributed by atoms with Crippen LogP contribution in [0.5, 0.6) is 0 Å². The summed E-state index contributed by atoms with van der Waals surface area (Å²) in [6.07, 6.45) is 1.43. The Balaban J connectivity index is 2.31. The van der Waals surface area contributed by atoms with E-state index in [1.165, 1.54) is 5.57 Å². The Hall–Kier alpha value is -0.720. The van der Waals surface area contributed by atoms with Crippen LogP contribution in [0.2, 0.25) is 0 Å². The fourth-order valence-electron chi connectivity index (χ4n) is 2.45. The summed E-state index contributed by atoms with van der Waals surface area (Å²) in [4.78, 5) is 0. The number of rotatable bonds is 0. The van der Waals surface area contributed by atoms with Crippen LogP contribution >= 0.6 is 0 Å². The van der Waals surface area contributed by atoms with Crippen molar-refractivity contribution >= 4 is 0 Å². The zero-order valence-corrected chi connectivity index (χ0v) is 7.84. The highest BCUT2D eigenvalue weighted by Crippen LogP contribution is 2.48. The van der Waals surface area contributed by atoms with Gasteiger partial charge in [0.15, 0.2) is 0 Å². The number of allylic oxidation sites excluding steroid dienone is 1. The maximum Gasteiger partial charge on any atom is 0.108 e. The molecule has 1 heteroatoms. The summed E-state index contributed by atoms with van der Waals surface area (Å²) in [6.45, 7) is 12.5. The molecule has 1 saturated carbocycles. The van der Waals surface area contributed by atoms with Gasteiger partial charge < -0.3 is 4.74 Å². The second-order valence-corrected chi connectivity index (χ2v) is 4.17. The Morgan fingerprint density at radius 2 is 2.00 bits per heavy atom. The van der Waals surface area contributed by atoms with E-state index in [0.717, 1.165) is 12.2 Å². The molecule has 12 heavy (non-hydrogen) atoms. The average Bonchev–Trinajstić information content (AvgIpc) is 2.23. The summed E-state index contributed by atoms with van der Waals surface area (Å²) >= 11 is 0. The van der Waals surface area contributed by atoms with Gasteiger partial charge in [-0.1, -0.05) is 32.6 Å². The quantitative estimate of drug-likeness (QED) is 0.500. The molecule has 1 heterocycles. The lowest BCUT2D eigenvalue weighted by molar-refractivity contribution is 0.0930. The third-order valence-corrected chi connectivity index (χ3v) is 3.47. The van der Waals surface area contributed by atoms with Crippen molar-refractivity contribution in [2.45, 2.75) is 26.4 Å². The lowest BCUT2D eigenvalue weighted by Crippen LogP contribution is -2.31. The Morgan fingerprint density at radius 3 is 2.67 bits per heavy atom. The zero-order valence-electron chi connectivity index (χ0n) is 7.84. The smallest absolute Gasteiger partial charge is 0.108 e. The van der Waals surface area contributed by atoms with Crippen molar-refractivity contribution < 1.29 is 4.74 Å². The van der Waals surface area contributed by atoms with Crippen LogP contribution in [0.15, 0.2) is 24.5 Å². The van der Waals surface area contributed by atoms with Crippen molar-refractivity contribution in [2.75, 3.05) is 0 Å². The number of ether oxygens (including phenoxy) is 1. The van der Waals surface area contributed by atoms with E-state index in [0.29, 0.717) is 23.9 Å². The Bertz CT molecular complexity index is 239. The molecule has 2 rings (SSSR count). The van der Waals surface area contributed by atoms with Crippen molar-refractivity contribution in [1.82, 2.24) is 0 Å². The highest BCUT2D eigenvalue weighted by molar-refractivity contribution is 5.19. The summed E-state index contributed by atoms with van der Waals surface area (Å²) in [7, 11) is 0. The molecule has 4 atom stereocenters. The summed E-state index contributed by atoms with van der Waals surface area (Å²) in [5, 5.41) is 0. The van der Waals surface area contributed by atoms with Crippen molar-refractivity contribution in [3.8, 4) is 0 Å². The van der Waals surface area contributed by atoms with Gasteiger partial charge in [0.25, 0.3) is 0 Å². The van der Waals surface area contributed by atoms with Gasteiger partial charge in [0.2, 0.25) is 0 Å². The molecule has 1 nitrogen and oxygen atoms in total. The molecule has 0 N–H and O–H groups in total. The van der Waals surface area contributed by atoms with Gasteiger partial charge in [-0.3, -0.25) is 0 Å². The second-order valence-electron chi connectivity index (χ2n) is 4.17. The average molecular weight is 164 g/mol. The maximum atomic E-state index is 5.72. The van der Waals surface area contributed by atoms with Crippen molar-refractivity contribution in [1.29, 1.82) is 0 Å². The van der Waals surface area contributed by atoms with Crippen molar-refractivity contribution in [2.24, 2.45) is 17.8 Å². The van der Waals surface area contributed by atoms with Crippen LogP contribution in [0.4, 0.5) is 0 Å². The molecule has 1 saturated heterocycles. The molecule has 0 radical (unpaired) electrons. The molecule has 2 aliphatic rings. The van der Waals surface area contributed by atoms with Crippen molar-refractivity contribution in [3.63, 3.8) is 0 Å². The highest BCUT2D eigenvalue weighted by atomic mass is 16.5. The van der Waals surface area contributed by atoms with E-state index in [9.17, 15) is 0 Å². The van der Waals surface area contributed by atoms with E-state index >= 15 is 0 Å². The van der Waals surface area contributed by atoms with Crippen LogP contribution in [-0.2, 0) is 4.74 Å². The predicted octanol–water partition coefficient (Wildman–Crippen LogP) is 2.75. The molecule has 0 amide bonds. The molecular formula is C11H16O. The molecular weight excluding hydrogens is 148 g/mol. The monoisotopic (exact) mass is 164 g/mol. The Labute approximate surface area is 74.1 Å². The Morgan fingerprint density at radius 1 is 1.33 bits per heavy atom. The minimum absolute atomic E-state index is 0.351. The van der Waals surface area contributed by atoms with Crippen LogP contribution in [0.25, 0.3) is 0 Å². The number of fused-ring (bicyclic) bond motifs is 2. The lowest BCUT2D eigenvalue weighted by atomic mass is 9.73. The van der Waals surface area contributed by atoms with Crippen LogP contribution in [0, 0.1) is 17.8 Å². The molecule has 66 valence electrons. The second kappa shape index (κ2) is 2.38. The van der Waals surface area contributed by atoms with Gasteiger partial charge in [-0.05, 0) is 6.42 Å². The van der Waals surface area contributed by atoms with E-state index in [-0.39, 0.29) is 0 Å². The normalized spacial score (nSPS) is 46.2. The van der Waals surface area contributed by atoms with E-state index in [1.807, 2.05) is 0 Å². The van der Waals surface area contributed by atoms with E-state index < -0.39 is 0 Å². The first-order valence-electron chi connectivity index (χ1n) is 4.64. The summed E-state index contributed by atoms with van der Waals surface area (Å²) in [5.74, 6) is 2.67. The highest BCUT2D eigenvalue weighted by Gasteiger charge is 2.45. The molecule has 1 aliphatic heterocycles. The first-order chi connectivity index (χ1) is 5.61. The topological polar surface area (TPSA) is 9.23 Å². The van der Waals surface area contributed by atoms with E-state index in [2.05, 4.69) is 27.0 Å². The fraction of sp³-hybridized carbons (Fsp3) is 0.636. The third kappa shape index (κ3) is 0.855. The van der Waals surface area contributed by atoms with Crippen molar-refractivity contribution in [3.05, 3.63) is 24.5 Å². The van der Waals surface area contributed by atoms with Gasteiger partial charge in [-0.25, -0.2) is 0 Å². The summed E-state index contributed by atoms with van der Waals surface area (Å²) in [6, 6.07) is 0. The molecule has 0 spiro atoms. The first-order valence-corrected chi connectivity index (χ1v) is 4.64. The van der Waals surface area contributed by atoms with Gasteiger partial charge >= 0.3 is 0 Å². The lowest BCUT2D eigenvalue weighted by Gasteiger charge is -2.30. The first kappa shape index (κ1) is 7.90. The molecule has 2 unspecified atom stereocenters. The van der Waals surface area contributed by atoms with Gasteiger partial charge in [-0.2, -0.15) is 0 Å². The van der Waals surface area contributed by atoms with Crippen LogP contribution in [0.3, 0.4) is 0 Å². The van der Waals surface area contributed by atoms with Gasteiger partial charge in [0, 0.05) is 17.8 Å². The standard InChI is InChI=1S/C11H16O/c1-6-5-10-8(3)11(7(6)2)12-9(10)4/h7-8,10-11H,1,4-5H2,2-3H3/t7?,8?,10-,11+/m1/s1. The number of hydrogen-bond donors (Lipinski definition) is 0. The molecule has 0 aromatic carbocycles. The zero-order chi connectivity index (χ0) is 8.88. The van der Waals surface area contributed by atoms with E-state index in [1.54, 1.807) is 0 Å². The summed E-state index contributed by atoms with van der Waals surface area (Å²) in [5.41, 5.74) is 1.33. The minimum atomic E-state index is 0.351. The maximum absolute atomic E-state index is 5.72. The van der Waals surface area contributed by atoms with Gasteiger partial charge in [0.05, 0.1) is 5.76 Å². The SMILES string of the molecule is C=C1C[C@H]2C(=C)O[C@@H](C1C)C2C. The molecule has 1 aliphatic carbocycles.